The third-order valence-electron chi connectivity index (χ3n) is 5.18. The van der Waals surface area contributed by atoms with Gasteiger partial charge in [0.25, 0.3) is 5.56 Å². The maximum Gasteiger partial charge on any atom is 0.263 e. The number of aryl methyl sites for hydroxylation is 1. The summed E-state index contributed by atoms with van der Waals surface area (Å²) in [6.07, 6.45) is 3.08. The van der Waals surface area contributed by atoms with Gasteiger partial charge >= 0.3 is 0 Å². The summed E-state index contributed by atoms with van der Waals surface area (Å²) in [6, 6.07) is 7.12. The van der Waals surface area contributed by atoms with Crippen LogP contribution in [-0.2, 0) is 24.2 Å². The Bertz CT molecular complexity index is 1140. The summed E-state index contributed by atoms with van der Waals surface area (Å²) < 4.78 is 1.68. The second-order valence-corrected chi connectivity index (χ2v) is 9.73. The Balaban J connectivity index is 1.59. The lowest BCUT2D eigenvalue weighted by molar-refractivity contribution is -0.113. The fourth-order valence-corrected chi connectivity index (χ4v) is 6.14. The van der Waals surface area contributed by atoms with E-state index in [2.05, 4.69) is 12.2 Å². The molecule has 3 aromatic rings. The lowest BCUT2D eigenvalue weighted by Gasteiger charge is -2.17. The number of fused-ring (bicyclic) bond motifs is 3. The second kappa shape index (κ2) is 8.50. The van der Waals surface area contributed by atoms with Gasteiger partial charge in [-0.05, 0) is 49.8 Å². The third-order valence-corrected chi connectivity index (χ3v) is 7.63. The second-order valence-electron chi connectivity index (χ2n) is 7.29. The molecule has 0 radical (unpaired) electrons. The highest BCUT2D eigenvalue weighted by Gasteiger charge is 2.24. The maximum absolute atomic E-state index is 13.2. The smallest absolute Gasteiger partial charge is 0.263 e. The zero-order valence-corrected chi connectivity index (χ0v) is 18.7. The van der Waals surface area contributed by atoms with E-state index in [-0.39, 0.29) is 17.2 Å². The number of carbonyl (C=O) groups excluding carboxylic acids is 1. The van der Waals surface area contributed by atoms with E-state index in [0.717, 1.165) is 29.5 Å². The Hall–Kier alpha value is -1.83. The number of carbonyl (C=O) groups is 1. The molecule has 2 aromatic heterocycles. The molecule has 29 heavy (non-hydrogen) atoms. The van der Waals surface area contributed by atoms with Gasteiger partial charge in [-0.3, -0.25) is 14.2 Å². The monoisotopic (exact) mass is 447 g/mol. The molecule has 0 fully saturated rings. The molecular formula is C21H22ClN3O2S2. The first-order chi connectivity index (χ1) is 14.0. The number of anilines is 1. The predicted octanol–water partition coefficient (Wildman–Crippen LogP) is 4.99. The fraction of sp³-hybridized carbons (Fsp3) is 0.381. The van der Waals surface area contributed by atoms with E-state index in [0.29, 0.717) is 28.3 Å². The van der Waals surface area contributed by atoms with Crippen molar-refractivity contribution in [2.24, 2.45) is 5.92 Å². The zero-order valence-electron chi connectivity index (χ0n) is 16.3. The number of rotatable bonds is 5. The predicted molar refractivity (Wildman–Crippen MR) is 122 cm³/mol. The Morgan fingerprint density at radius 2 is 2.21 bits per heavy atom. The van der Waals surface area contributed by atoms with Gasteiger partial charge in [-0.2, -0.15) is 0 Å². The summed E-state index contributed by atoms with van der Waals surface area (Å²) in [5, 5.41) is 4.67. The molecule has 1 aliphatic carbocycles. The third kappa shape index (κ3) is 4.09. The molecule has 1 N–H and O–H groups in total. The molecule has 0 aliphatic heterocycles. The molecule has 0 spiro atoms. The van der Waals surface area contributed by atoms with E-state index in [1.54, 1.807) is 28.0 Å². The molecule has 0 saturated heterocycles. The molecule has 1 atom stereocenters. The standard InChI is InChI=1S/C21H22ClN3O2S2/c1-3-25-20(27)18-13-9-8-12(2)10-16(13)29-19(18)24-21(25)28-11-17(26)23-15-7-5-4-6-14(15)22/h4-7,12H,3,8-11H2,1-2H3,(H,23,26). The molecule has 1 aliphatic rings. The molecule has 8 heteroatoms. The lowest BCUT2D eigenvalue weighted by Crippen LogP contribution is -2.24. The summed E-state index contributed by atoms with van der Waals surface area (Å²) in [4.78, 5) is 32.4. The van der Waals surface area contributed by atoms with Crippen LogP contribution >= 0.6 is 34.7 Å². The van der Waals surface area contributed by atoms with Crippen LogP contribution in [0.1, 0.15) is 30.7 Å². The Morgan fingerprint density at radius 1 is 1.41 bits per heavy atom. The minimum absolute atomic E-state index is 0.0126. The fourth-order valence-electron chi connectivity index (χ4n) is 3.67. The number of amides is 1. The van der Waals surface area contributed by atoms with Crippen LogP contribution in [0.2, 0.25) is 5.02 Å². The van der Waals surface area contributed by atoms with E-state index in [1.165, 1.54) is 22.2 Å². The molecule has 2 heterocycles. The van der Waals surface area contributed by atoms with Gasteiger partial charge in [0.1, 0.15) is 4.83 Å². The van der Waals surface area contributed by atoms with E-state index in [1.807, 2.05) is 19.1 Å². The van der Waals surface area contributed by atoms with Crippen LogP contribution in [0.25, 0.3) is 10.2 Å². The zero-order chi connectivity index (χ0) is 20.5. The van der Waals surface area contributed by atoms with Crippen LogP contribution in [0.5, 0.6) is 0 Å². The van der Waals surface area contributed by atoms with Crippen molar-refractivity contribution in [2.45, 2.75) is 44.8 Å². The normalized spacial score (nSPS) is 16.0. The summed E-state index contributed by atoms with van der Waals surface area (Å²) in [5.74, 6) is 0.622. The van der Waals surface area contributed by atoms with Crippen molar-refractivity contribution in [1.82, 2.24) is 9.55 Å². The first-order valence-electron chi connectivity index (χ1n) is 9.70. The quantitative estimate of drug-likeness (QED) is 0.442. The number of aromatic nitrogens is 2. The molecule has 1 amide bonds. The molecular weight excluding hydrogens is 426 g/mol. The van der Waals surface area contributed by atoms with Crippen molar-refractivity contribution < 1.29 is 4.79 Å². The number of halogens is 1. The molecule has 0 bridgehead atoms. The van der Waals surface area contributed by atoms with E-state index in [9.17, 15) is 9.59 Å². The Kier molecular flexibility index (Phi) is 5.99. The van der Waals surface area contributed by atoms with Crippen molar-refractivity contribution in [3.05, 3.63) is 50.1 Å². The summed E-state index contributed by atoms with van der Waals surface area (Å²) in [6.45, 7) is 4.71. The highest BCUT2D eigenvalue weighted by Crippen LogP contribution is 2.36. The molecule has 1 aromatic carbocycles. The van der Waals surface area contributed by atoms with Crippen molar-refractivity contribution in [1.29, 1.82) is 0 Å². The highest BCUT2D eigenvalue weighted by molar-refractivity contribution is 7.99. The van der Waals surface area contributed by atoms with Crippen LogP contribution in [-0.4, -0.2) is 21.2 Å². The summed E-state index contributed by atoms with van der Waals surface area (Å²) >= 11 is 9.02. The van der Waals surface area contributed by atoms with Crippen molar-refractivity contribution in [2.75, 3.05) is 11.1 Å². The number of nitrogens with one attached hydrogen (secondary N) is 1. The number of nitrogens with zero attached hydrogens (tertiary/aromatic N) is 2. The van der Waals surface area contributed by atoms with E-state index in [4.69, 9.17) is 16.6 Å². The van der Waals surface area contributed by atoms with Gasteiger partial charge in [-0.15, -0.1) is 11.3 Å². The SMILES string of the molecule is CCn1c(SCC(=O)Nc2ccccc2Cl)nc2sc3c(c2c1=O)CCC(C)C3. The maximum atomic E-state index is 13.2. The molecule has 1 unspecified atom stereocenters. The summed E-state index contributed by atoms with van der Waals surface area (Å²) in [5.41, 5.74) is 1.78. The molecule has 5 nitrogen and oxygen atoms in total. The number of thiophene rings is 1. The van der Waals surface area contributed by atoms with Crippen molar-refractivity contribution >= 4 is 56.5 Å². The van der Waals surface area contributed by atoms with Crippen LogP contribution in [0.15, 0.2) is 34.2 Å². The van der Waals surface area contributed by atoms with Gasteiger partial charge < -0.3 is 5.32 Å². The highest BCUT2D eigenvalue weighted by atomic mass is 35.5. The topological polar surface area (TPSA) is 64.0 Å². The van der Waals surface area contributed by atoms with E-state index < -0.39 is 0 Å². The van der Waals surface area contributed by atoms with Crippen molar-refractivity contribution in [3.63, 3.8) is 0 Å². The number of benzene rings is 1. The Labute approximate surface area is 182 Å². The van der Waals surface area contributed by atoms with Gasteiger partial charge in [-0.1, -0.05) is 42.4 Å². The van der Waals surface area contributed by atoms with Gasteiger partial charge in [0.05, 0.1) is 21.8 Å². The molecule has 0 saturated carbocycles. The van der Waals surface area contributed by atoms with Gasteiger partial charge in [0, 0.05) is 11.4 Å². The minimum Gasteiger partial charge on any atom is -0.324 e. The lowest BCUT2D eigenvalue weighted by atomic mass is 9.89. The van der Waals surface area contributed by atoms with Crippen molar-refractivity contribution in [3.8, 4) is 0 Å². The minimum atomic E-state index is -0.181. The average Bonchev–Trinajstić information content (AvgIpc) is 3.05. The molecule has 152 valence electrons. The average molecular weight is 448 g/mol. The number of thioether (sulfide) groups is 1. The van der Waals surface area contributed by atoms with Crippen LogP contribution in [0, 0.1) is 5.92 Å². The first-order valence-corrected chi connectivity index (χ1v) is 11.9. The number of para-hydroxylation sites is 1. The van der Waals surface area contributed by atoms with Gasteiger partial charge in [0.2, 0.25) is 5.91 Å². The molecule has 4 rings (SSSR count). The first kappa shape index (κ1) is 20.4. The summed E-state index contributed by atoms with van der Waals surface area (Å²) in [7, 11) is 0. The number of hydrogen-bond donors (Lipinski definition) is 1. The largest absolute Gasteiger partial charge is 0.324 e. The van der Waals surface area contributed by atoms with E-state index >= 15 is 0 Å². The Morgan fingerprint density at radius 3 is 2.97 bits per heavy atom. The van der Waals surface area contributed by atoms with Crippen LogP contribution in [0.4, 0.5) is 5.69 Å². The van der Waals surface area contributed by atoms with Crippen LogP contribution < -0.4 is 10.9 Å². The van der Waals surface area contributed by atoms with Gasteiger partial charge in [-0.25, -0.2) is 4.98 Å². The van der Waals surface area contributed by atoms with Gasteiger partial charge in [0.15, 0.2) is 5.16 Å². The number of hydrogen-bond acceptors (Lipinski definition) is 5. The van der Waals surface area contributed by atoms with Crippen LogP contribution in [0.3, 0.4) is 0 Å².